The third-order valence-electron chi connectivity index (χ3n) is 6.17. The molecular weight excluding hydrogens is 426 g/mol. The number of anilines is 2. The minimum atomic E-state index is -3.86. The van der Waals surface area contributed by atoms with Crippen LogP contribution in [0.15, 0.2) is 41.3 Å². The highest BCUT2D eigenvalue weighted by molar-refractivity contribution is 7.89. The summed E-state index contributed by atoms with van der Waals surface area (Å²) in [5, 5.41) is 2.80. The van der Waals surface area contributed by atoms with Crippen molar-refractivity contribution in [2.75, 3.05) is 23.8 Å². The lowest BCUT2D eigenvalue weighted by Gasteiger charge is -2.23. The Balaban J connectivity index is 1.49. The molecule has 0 aromatic heterocycles. The minimum absolute atomic E-state index is 0.0112. The van der Waals surface area contributed by atoms with Crippen molar-refractivity contribution >= 4 is 33.2 Å². The van der Waals surface area contributed by atoms with E-state index in [1.54, 1.807) is 12.1 Å². The molecule has 2 aromatic rings. The first-order chi connectivity index (χ1) is 15.1. The number of fused-ring (bicyclic) bond motifs is 1. The molecule has 8 heteroatoms. The molecule has 1 aliphatic heterocycles. The van der Waals surface area contributed by atoms with Crippen LogP contribution in [-0.4, -0.2) is 44.2 Å². The van der Waals surface area contributed by atoms with Gasteiger partial charge in [-0.15, -0.1) is 0 Å². The minimum Gasteiger partial charge on any atom is -0.325 e. The highest BCUT2D eigenvalue weighted by Crippen LogP contribution is 2.39. The SMILES string of the molecule is Cc1ccc(C)c(NC(=O)CN(C)S(=O)(=O)c2ccc3c(c2)C[C@H](C)N3C(=O)C2CC2)c1. The van der Waals surface area contributed by atoms with Crippen LogP contribution < -0.4 is 10.2 Å². The summed E-state index contributed by atoms with van der Waals surface area (Å²) in [5.74, 6) is -0.165. The molecule has 1 atom stereocenters. The van der Waals surface area contributed by atoms with Crippen molar-refractivity contribution in [1.29, 1.82) is 0 Å². The van der Waals surface area contributed by atoms with E-state index < -0.39 is 15.9 Å². The highest BCUT2D eigenvalue weighted by Gasteiger charge is 2.40. The van der Waals surface area contributed by atoms with Gasteiger partial charge >= 0.3 is 0 Å². The summed E-state index contributed by atoms with van der Waals surface area (Å²) >= 11 is 0. The van der Waals surface area contributed by atoms with E-state index in [1.807, 2.05) is 43.9 Å². The molecule has 170 valence electrons. The fourth-order valence-corrected chi connectivity index (χ4v) is 5.34. The van der Waals surface area contributed by atoms with Gasteiger partial charge in [0.05, 0.1) is 11.4 Å². The molecule has 1 heterocycles. The largest absolute Gasteiger partial charge is 0.325 e. The maximum atomic E-state index is 13.1. The molecule has 1 fully saturated rings. The predicted octanol–water partition coefficient (Wildman–Crippen LogP) is 3.25. The molecular formula is C24H29N3O4S. The lowest BCUT2D eigenvalue weighted by Crippen LogP contribution is -2.36. The Hall–Kier alpha value is -2.71. The molecule has 0 radical (unpaired) electrons. The summed E-state index contributed by atoms with van der Waals surface area (Å²) in [5.41, 5.74) is 4.23. The summed E-state index contributed by atoms with van der Waals surface area (Å²) in [6, 6.07) is 10.6. The van der Waals surface area contributed by atoms with Gasteiger partial charge in [-0.2, -0.15) is 4.31 Å². The Labute approximate surface area is 189 Å². The summed E-state index contributed by atoms with van der Waals surface area (Å²) in [7, 11) is -2.46. The Morgan fingerprint density at radius 1 is 1.12 bits per heavy atom. The average molecular weight is 456 g/mol. The number of carbonyl (C=O) groups excluding carboxylic acids is 2. The van der Waals surface area contributed by atoms with Crippen LogP contribution in [0.1, 0.15) is 36.5 Å². The fraction of sp³-hybridized carbons (Fsp3) is 0.417. The van der Waals surface area contributed by atoms with Gasteiger partial charge in [0.15, 0.2) is 0 Å². The van der Waals surface area contributed by atoms with Gasteiger partial charge in [0.2, 0.25) is 21.8 Å². The third-order valence-corrected chi connectivity index (χ3v) is 7.97. The van der Waals surface area contributed by atoms with Crippen LogP contribution in [0.2, 0.25) is 0 Å². The standard InChI is InChI=1S/C24H29N3O4S/c1-15-5-6-16(2)21(11-15)25-23(28)14-26(4)32(30,31)20-9-10-22-19(13-20)12-17(3)27(22)24(29)18-7-8-18/h5-6,9-11,13,17-18H,7-8,12,14H2,1-4H3,(H,25,28)/t17-/m0/s1. The van der Waals surface area contributed by atoms with Crippen LogP contribution >= 0.6 is 0 Å². The number of rotatable bonds is 6. The van der Waals surface area contributed by atoms with Gasteiger partial charge in [0.25, 0.3) is 0 Å². The van der Waals surface area contributed by atoms with Gasteiger partial charge in [-0.3, -0.25) is 9.59 Å². The molecule has 1 N–H and O–H groups in total. The maximum Gasteiger partial charge on any atom is 0.243 e. The normalized spacial score (nSPS) is 18.0. The second kappa shape index (κ2) is 8.33. The third kappa shape index (κ3) is 4.29. The number of nitrogens with one attached hydrogen (secondary N) is 1. The quantitative estimate of drug-likeness (QED) is 0.724. The molecule has 1 saturated carbocycles. The fourth-order valence-electron chi connectivity index (χ4n) is 4.16. The Bertz CT molecular complexity index is 1190. The van der Waals surface area contributed by atoms with Gasteiger partial charge in [-0.25, -0.2) is 8.42 Å². The van der Waals surface area contributed by atoms with Crippen LogP contribution in [-0.2, 0) is 26.0 Å². The van der Waals surface area contributed by atoms with Crippen LogP contribution in [0.25, 0.3) is 0 Å². The monoisotopic (exact) mass is 455 g/mol. The lowest BCUT2D eigenvalue weighted by atomic mass is 10.1. The molecule has 32 heavy (non-hydrogen) atoms. The summed E-state index contributed by atoms with van der Waals surface area (Å²) < 4.78 is 27.3. The van der Waals surface area contributed by atoms with Crippen molar-refractivity contribution in [3.8, 4) is 0 Å². The first-order valence-electron chi connectivity index (χ1n) is 10.9. The highest BCUT2D eigenvalue weighted by atomic mass is 32.2. The van der Waals surface area contributed by atoms with Crippen LogP contribution in [0.4, 0.5) is 11.4 Å². The number of nitrogens with zero attached hydrogens (tertiary/aromatic N) is 2. The Morgan fingerprint density at radius 2 is 1.84 bits per heavy atom. The van der Waals surface area contributed by atoms with Crippen molar-refractivity contribution < 1.29 is 18.0 Å². The molecule has 2 aliphatic rings. The molecule has 4 rings (SSSR count). The average Bonchev–Trinajstić information content (AvgIpc) is 3.52. The van der Waals surface area contributed by atoms with Gasteiger partial charge < -0.3 is 10.2 Å². The molecule has 0 spiro atoms. The van der Waals surface area contributed by atoms with E-state index >= 15 is 0 Å². The number of carbonyl (C=O) groups is 2. The number of hydrogen-bond acceptors (Lipinski definition) is 4. The Morgan fingerprint density at radius 3 is 2.53 bits per heavy atom. The van der Waals surface area contributed by atoms with E-state index in [2.05, 4.69) is 5.32 Å². The number of benzene rings is 2. The maximum absolute atomic E-state index is 13.1. The smallest absolute Gasteiger partial charge is 0.243 e. The van der Waals surface area contributed by atoms with E-state index in [4.69, 9.17) is 0 Å². The van der Waals surface area contributed by atoms with Crippen molar-refractivity contribution in [2.24, 2.45) is 5.92 Å². The lowest BCUT2D eigenvalue weighted by molar-refractivity contribution is -0.120. The second-order valence-electron chi connectivity index (χ2n) is 8.95. The van der Waals surface area contributed by atoms with Gasteiger partial charge in [0.1, 0.15) is 0 Å². The summed E-state index contributed by atoms with van der Waals surface area (Å²) in [4.78, 5) is 27.1. The van der Waals surface area contributed by atoms with E-state index in [9.17, 15) is 18.0 Å². The van der Waals surface area contributed by atoms with E-state index in [0.717, 1.165) is 39.5 Å². The number of aryl methyl sites for hydroxylation is 2. The van der Waals surface area contributed by atoms with Crippen molar-refractivity contribution in [1.82, 2.24) is 4.31 Å². The first-order valence-corrected chi connectivity index (χ1v) is 12.3. The molecule has 0 bridgehead atoms. The molecule has 0 unspecified atom stereocenters. The van der Waals surface area contributed by atoms with E-state index in [1.165, 1.54) is 13.1 Å². The van der Waals surface area contributed by atoms with Crippen LogP contribution in [0.3, 0.4) is 0 Å². The topological polar surface area (TPSA) is 86.8 Å². The van der Waals surface area contributed by atoms with Crippen LogP contribution in [0.5, 0.6) is 0 Å². The number of amides is 2. The summed E-state index contributed by atoms with van der Waals surface area (Å²) in [6.07, 6.45) is 2.48. The number of hydrogen-bond donors (Lipinski definition) is 1. The molecule has 7 nitrogen and oxygen atoms in total. The van der Waals surface area contributed by atoms with Crippen molar-refractivity contribution in [3.05, 3.63) is 53.1 Å². The summed E-state index contributed by atoms with van der Waals surface area (Å²) in [6.45, 7) is 5.51. The van der Waals surface area contributed by atoms with E-state index in [0.29, 0.717) is 12.1 Å². The zero-order valence-corrected chi connectivity index (χ0v) is 19.7. The van der Waals surface area contributed by atoms with E-state index in [-0.39, 0.29) is 29.3 Å². The zero-order chi connectivity index (χ0) is 23.2. The first kappa shape index (κ1) is 22.5. The van der Waals surface area contributed by atoms with Crippen molar-refractivity contribution in [3.63, 3.8) is 0 Å². The van der Waals surface area contributed by atoms with Crippen LogP contribution in [0, 0.1) is 19.8 Å². The Kier molecular flexibility index (Phi) is 5.85. The second-order valence-corrected chi connectivity index (χ2v) is 11.0. The number of sulfonamides is 1. The number of likely N-dealkylation sites (N-methyl/N-ethyl adjacent to an activating group) is 1. The van der Waals surface area contributed by atoms with Crippen molar-refractivity contribution in [2.45, 2.75) is 51.0 Å². The molecule has 2 amide bonds. The van der Waals surface area contributed by atoms with Gasteiger partial charge in [-0.05, 0) is 81.0 Å². The van der Waals surface area contributed by atoms with Gasteiger partial charge in [0, 0.05) is 30.4 Å². The van der Waals surface area contributed by atoms with Gasteiger partial charge in [-0.1, -0.05) is 12.1 Å². The molecule has 2 aromatic carbocycles. The predicted molar refractivity (Wildman–Crippen MR) is 124 cm³/mol. The zero-order valence-electron chi connectivity index (χ0n) is 18.9. The molecule has 0 saturated heterocycles. The molecule has 1 aliphatic carbocycles.